The number of hydrogen-bond donors (Lipinski definition) is 2. The number of rotatable bonds is 5. The molecule has 1 aliphatic carbocycles. The fraction of sp³-hybridized carbons (Fsp3) is 0.562. The summed E-state index contributed by atoms with van der Waals surface area (Å²) in [4.78, 5) is 11.7. The van der Waals surface area contributed by atoms with Gasteiger partial charge in [0.15, 0.2) is 0 Å². The summed E-state index contributed by atoms with van der Waals surface area (Å²) in [5.74, 6) is 0.669. The summed E-state index contributed by atoms with van der Waals surface area (Å²) in [7, 11) is 0. The zero-order valence-electron chi connectivity index (χ0n) is 11.8. The minimum atomic E-state index is -0.0578. The molecule has 0 unspecified atom stereocenters. The Morgan fingerprint density at radius 1 is 1.20 bits per heavy atom. The van der Waals surface area contributed by atoms with E-state index < -0.39 is 0 Å². The third-order valence-electron chi connectivity index (χ3n) is 3.86. The van der Waals surface area contributed by atoms with Crippen molar-refractivity contribution in [2.75, 3.05) is 13.1 Å². The number of hydrogen-bond acceptors (Lipinski definition) is 1. The van der Waals surface area contributed by atoms with Gasteiger partial charge < -0.3 is 10.6 Å². The van der Waals surface area contributed by atoms with E-state index in [1.807, 2.05) is 24.3 Å². The van der Waals surface area contributed by atoms with Crippen molar-refractivity contribution in [1.29, 1.82) is 0 Å². The number of benzene rings is 1. The van der Waals surface area contributed by atoms with Crippen molar-refractivity contribution >= 4 is 17.6 Å². The van der Waals surface area contributed by atoms with Gasteiger partial charge in [-0.25, -0.2) is 4.79 Å². The maximum absolute atomic E-state index is 11.7. The van der Waals surface area contributed by atoms with Gasteiger partial charge >= 0.3 is 6.03 Å². The van der Waals surface area contributed by atoms with Crippen LogP contribution in [0.4, 0.5) is 4.79 Å². The fourth-order valence-corrected chi connectivity index (χ4v) is 2.92. The molecule has 0 spiro atoms. The Balaban J connectivity index is 1.60. The van der Waals surface area contributed by atoms with Crippen LogP contribution in [0.1, 0.15) is 37.7 Å². The minimum absolute atomic E-state index is 0.0578. The Morgan fingerprint density at radius 2 is 2.00 bits per heavy atom. The fourth-order valence-electron chi connectivity index (χ4n) is 2.70. The van der Waals surface area contributed by atoms with Gasteiger partial charge in [-0.1, -0.05) is 43.0 Å². The largest absolute Gasteiger partial charge is 0.338 e. The average Bonchev–Trinajstić information content (AvgIpc) is 2.46. The zero-order valence-corrected chi connectivity index (χ0v) is 12.6. The molecule has 0 bridgehead atoms. The Kier molecular flexibility index (Phi) is 6.19. The molecule has 0 aromatic heterocycles. The maximum atomic E-state index is 11.7. The Bertz CT molecular complexity index is 430. The highest BCUT2D eigenvalue weighted by Crippen LogP contribution is 2.22. The Labute approximate surface area is 126 Å². The van der Waals surface area contributed by atoms with E-state index >= 15 is 0 Å². The van der Waals surface area contributed by atoms with E-state index in [4.69, 9.17) is 11.6 Å². The summed E-state index contributed by atoms with van der Waals surface area (Å²) in [5.41, 5.74) is 1.14. The number of nitrogens with one attached hydrogen (secondary N) is 2. The van der Waals surface area contributed by atoms with Gasteiger partial charge in [0.05, 0.1) is 0 Å². The molecule has 1 aliphatic rings. The van der Waals surface area contributed by atoms with Crippen LogP contribution in [0, 0.1) is 5.92 Å². The van der Waals surface area contributed by atoms with Crippen LogP contribution < -0.4 is 10.6 Å². The van der Waals surface area contributed by atoms with Gasteiger partial charge in [-0.2, -0.15) is 0 Å². The standard InChI is InChI=1S/C16H23ClN2O/c17-15-8-4-7-13(11-15)9-10-18-16(20)19-12-14-5-2-1-3-6-14/h4,7-8,11,14H,1-3,5-6,9-10,12H2,(H2,18,19,20). The van der Waals surface area contributed by atoms with E-state index in [2.05, 4.69) is 10.6 Å². The van der Waals surface area contributed by atoms with E-state index in [0.29, 0.717) is 12.5 Å². The van der Waals surface area contributed by atoms with Gasteiger partial charge in [0.1, 0.15) is 0 Å². The van der Waals surface area contributed by atoms with Gasteiger partial charge in [-0.3, -0.25) is 0 Å². The summed E-state index contributed by atoms with van der Waals surface area (Å²) < 4.78 is 0. The van der Waals surface area contributed by atoms with Crippen LogP contribution in [0.2, 0.25) is 5.02 Å². The number of amides is 2. The van der Waals surface area contributed by atoms with Crippen molar-refractivity contribution in [3.05, 3.63) is 34.9 Å². The van der Waals surface area contributed by atoms with Crippen LogP contribution >= 0.6 is 11.6 Å². The molecule has 1 saturated carbocycles. The molecule has 1 fully saturated rings. The second-order valence-corrected chi connectivity index (χ2v) is 5.96. The smallest absolute Gasteiger partial charge is 0.314 e. The van der Waals surface area contributed by atoms with E-state index in [9.17, 15) is 4.79 Å². The lowest BCUT2D eigenvalue weighted by Crippen LogP contribution is -2.39. The summed E-state index contributed by atoms with van der Waals surface area (Å²) in [6.45, 7) is 1.44. The highest BCUT2D eigenvalue weighted by molar-refractivity contribution is 6.30. The molecule has 1 aromatic rings. The highest BCUT2D eigenvalue weighted by Gasteiger charge is 2.13. The first-order chi connectivity index (χ1) is 9.74. The average molecular weight is 295 g/mol. The topological polar surface area (TPSA) is 41.1 Å². The molecule has 0 radical (unpaired) electrons. The summed E-state index contributed by atoms with van der Waals surface area (Å²) >= 11 is 5.92. The van der Waals surface area contributed by atoms with Gasteiger partial charge in [0.25, 0.3) is 0 Å². The lowest BCUT2D eigenvalue weighted by atomic mass is 9.89. The number of halogens is 1. The van der Waals surface area contributed by atoms with Crippen molar-refractivity contribution in [3.63, 3.8) is 0 Å². The first kappa shape index (κ1) is 15.2. The first-order valence-electron chi connectivity index (χ1n) is 7.50. The number of carbonyl (C=O) groups excluding carboxylic acids is 1. The molecule has 1 aromatic carbocycles. The van der Waals surface area contributed by atoms with Crippen molar-refractivity contribution < 1.29 is 4.79 Å². The Hall–Kier alpha value is -1.22. The monoisotopic (exact) mass is 294 g/mol. The lowest BCUT2D eigenvalue weighted by molar-refractivity contribution is 0.236. The molecular weight excluding hydrogens is 272 g/mol. The predicted molar refractivity (Wildman–Crippen MR) is 83.1 cm³/mol. The Morgan fingerprint density at radius 3 is 2.75 bits per heavy atom. The lowest BCUT2D eigenvalue weighted by Gasteiger charge is -2.21. The molecule has 0 saturated heterocycles. The summed E-state index contributed by atoms with van der Waals surface area (Å²) in [6.07, 6.45) is 7.27. The van der Waals surface area contributed by atoms with Gasteiger partial charge in [-0.05, 0) is 42.9 Å². The SMILES string of the molecule is O=C(NCCc1cccc(Cl)c1)NCC1CCCCC1. The van der Waals surface area contributed by atoms with E-state index in [1.165, 1.54) is 32.1 Å². The molecule has 2 N–H and O–H groups in total. The second kappa shape index (κ2) is 8.15. The maximum Gasteiger partial charge on any atom is 0.314 e. The molecule has 2 amide bonds. The van der Waals surface area contributed by atoms with Crippen molar-refractivity contribution in [2.24, 2.45) is 5.92 Å². The third-order valence-corrected chi connectivity index (χ3v) is 4.10. The highest BCUT2D eigenvalue weighted by atomic mass is 35.5. The van der Waals surface area contributed by atoms with Crippen molar-refractivity contribution in [2.45, 2.75) is 38.5 Å². The van der Waals surface area contributed by atoms with Crippen LogP contribution in [0.5, 0.6) is 0 Å². The minimum Gasteiger partial charge on any atom is -0.338 e. The van der Waals surface area contributed by atoms with Crippen LogP contribution in [-0.4, -0.2) is 19.1 Å². The number of carbonyl (C=O) groups is 1. The van der Waals surface area contributed by atoms with E-state index in [-0.39, 0.29) is 6.03 Å². The predicted octanol–water partition coefficient (Wildman–Crippen LogP) is 3.76. The van der Waals surface area contributed by atoms with Crippen molar-refractivity contribution in [1.82, 2.24) is 10.6 Å². The van der Waals surface area contributed by atoms with Crippen molar-refractivity contribution in [3.8, 4) is 0 Å². The summed E-state index contributed by atoms with van der Waals surface area (Å²) in [5, 5.41) is 6.61. The molecular formula is C16H23ClN2O. The second-order valence-electron chi connectivity index (χ2n) is 5.52. The molecule has 3 nitrogen and oxygen atoms in total. The summed E-state index contributed by atoms with van der Waals surface area (Å²) in [6, 6.07) is 7.69. The third kappa shape index (κ3) is 5.41. The van der Waals surface area contributed by atoms with Gasteiger partial charge in [0, 0.05) is 18.1 Å². The van der Waals surface area contributed by atoms with Crippen LogP contribution in [0.3, 0.4) is 0 Å². The molecule has 20 heavy (non-hydrogen) atoms. The molecule has 0 atom stereocenters. The van der Waals surface area contributed by atoms with E-state index in [0.717, 1.165) is 23.6 Å². The van der Waals surface area contributed by atoms with E-state index in [1.54, 1.807) is 0 Å². The zero-order chi connectivity index (χ0) is 14.2. The molecule has 2 rings (SSSR count). The van der Waals surface area contributed by atoms with Gasteiger partial charge in [-0.15, -0.1) is 0 Å². The molecule has 110 valence electrons. The normalized spacial score (nSPS) is 15.8. The van der Waals surface area contributed by atoms with Gasteiger partial charge in [0.2, 0.25) is 0 Å². The number of urea groups is 1. The quantitative estimate of drug-likeness (QED) is 0.853. The van der Waals surface area contributed by atoms with Crippen LogP contribution in [0.15, 0.2) is 24.3 Å². The van der Waals surface area contributed by atoms with Crippen LogP contribution in [0.25, 0.3) is 0 Å². The molecule has 0 heterocycles. The molecule has 0 aliphatic heterocycles. The first-order valence-corrected chi connectivity index (χ1v) is 7.88. The molecule has 4 heteroatoms. The van der Waals surface area contributed by atoms with Crippen LogP contribution in [-0.2, 0) is 6.42 Å².